The van der Waals surface area contributed by atoms with Gasteiger partial charge in [-0.3, -0.25) is 9.59 Å². The van der Waals surface area contributed by atoms with Crippen molar-refractivity contribution in [2.45, 2.75) is 42.1 Å². The third-order valence-corrected chi connectivity index (χ3v) is 6.94. The summed E-state index contributed by atoms with van der Waals surface area (Å²) in [5.74, 6) is -2.26. The number of benzene rings is 1. The lowest BCUT2D eigenvalue weighted by molar-refractivity contribution is -0.161. The predicted octanol–water partition coefficient (Wildman–Crippen LogP) is -0.0914. The topological polar surface area (TPSA) is 133 Å². The van der Waals surface area contributed by atoms with Gasteiger partial charge in [0, 0.05) is 4.75 Å². The Kier molecular flexibility index (Phi) is 5.19. The third-order valence-electron chi connectivity index (χ3n) is 4.70. The molecule has 2 aliphatic rings. The molecule has 0 aliphatic carbocycles. The van der Waals surface area contributed by atoms with Gasteiger partial charge < -0.3 is 15.3 Å². The molecule has 11 heteroatoms. The van der Waals surface area contributed by atoms with E-state index in [2.05, 4.69) is 10.0 Å². The molecule has 0 aromatic heterocycles. The molecule has 2 aliphatic heterocycles. The molecule has 0 radical (unpaired) electrons. The van der Waals surface area contributed by atoms with E-state index in [1.807, 2.05) is 0 Å². The van der Waals surface area contributed by atoms with Crippen LogP contribution in [-0.2, 0) is 24.4 Å². The van der Waals surface area contributed by atoms with Crippen LogP contribution in [0.5, 0.6) is 0 Å². The molecule has 1 aromatic rings. The van der Waals surface area contributed by atoms with Gasteiger partial charge in [0.2, 0.25) is 21.8 Å². The van der Waals surface area contributed by atoms with Crippen molar-refractivity contribution in [2.75, 3.05) is 6.26 Å². The van der Waals surface area contributed by atoms with Gasteiger partial charge in [0.25, 0.3) is 0 Å². The van der Waals surface area contributed by atoms with Crippen molar-refractivity contribution < 1.29 is 27.9 Å². The van der Waals surface area contributed by atoms with Gasteiger partial charge in [0.1, 0.15) is 23.5 Å². The Bertz CT molecular complexity index is 918. The molecule has 1 aromatic carbocycles. The van der Waals surface area contributed by atoms with Gasteiger partial charge in [0.15, 0.2) is 0 Å². The van der Waals surface area contributed by atoms with E-state index < -0.39 is 56.1 Å². The summed E-state index contributed by atoms with van der Waals surface area (Å²) in [5, 5.41) is 11.5. The fourth-order valence-corrected chi connectivity index (χ4v) is 5.81. The third kappa shape index (κ3) is 3.74. The van der Waals surface area contributed by atoms with E-state index in [4.69, 9.17) is 0 Å². The number of amides is 2. The van der Waals surface area contributed by atoms with E-state index in [0.29, 0.717) is 5.56 Å². The van der Waals surface area contributed by atoms with E-state index >= 15 is 0 Å². The lowest BCUT2D eigenvalue weighted by atomic mass is 9.95. The highest BCUT2D eigenvalue weighted by Crippen LogP contribution is 2.50. The van der Waals surface area contributed by atoms with Crippen LogP contribution in [0.25, 0.3) is 0 Å². The standard InChI is InChI=1S/C17H21N3O6S2/c1-17(2)12(16(23)24)20-14(22)11(15(20)27-17)18-13(21)10(19-28(3,25)26)9-7-5-4-6-8-9/h4-8,10-12,15,19H,1-3H3,(H,18,21)(H,23,24)/t10?,11-,12+,15-/m1/s1. The van der Waals surface area contributed by atoms with Gasteiger partial charge in [-0.1, -0.05) is 30.3 Å². The molecule has 1 unspecified atom stereocenters. The second-order valence-corrected chi connectivity index (χ2v) is 10.9. The van der Waals surface area contributed by atoms with Crippen molar-refractivity contribution in [2.24, 2.45) is 0 Å². The van der Waals surface area contributed by atoms with E-state index in [1.165, 1.54) is 16.7 Å². The molecule has 0 bridgehead atoms. The van der Waals surface area contributed by atoms with Crippen LogP contribution in [0.3, 0.4) is 0 Å². The minimum atomic E-state index is -3.70. The molecule has 2 amide bonds. The van der Waals surface area contributed by atoms with Crippen LogP contribution in [0.4, 0.5) is 0 Å². The number of rotatable bonds is 6. The molecule has 4 atom stereocenters. The zero-order chi connectivity index (χ0) is 20.9. The van der Waals surface area contributed by atoms with E-state index in [9.17, 15) is 27.9 Å². The number of β-lactam (4-membered cyclic amide) rings is 1. The predicted molar refractivity (Wildman–Crippen MR) is 103 cm³/mol. The van der Waals surface area contributed by atoms with E-state index in [-0.39, 0.29) is 0 Å². The molecular weight excluding hydrogens is 406 g/mol. The number of carboxylic acid groups (broad SMARTS) is 1. The first-order valence-electron chi connectivity index (χ1n) is 8.48. The van der Waals surface area contributed by atoms with Gasteiger partial charge in [-0.05, 0) is 19.4 Å². The number of nitrogens with one attached hydrogen (secondary N) is 2. The van der Waals surface area contributed by atoms with Crippen molar-refractivity contribution in [3.8, 4) is 0 Å². The Hall–Kier alpha value is -2.11. The maximum atomic E-state index is 12.8. The number of hydrogen-bond acceptors (Lipinski definition) is 6. The Morgan fingerprint density at radius 3 is 2.39 bits per heavy atom. The number of carboxylic acids is 1. The molecule has 2 saturated heterocycles. The van der Waals surface area contributed by atoms with Crippen LogP contribution in [-0.4, -0.2) is 64.7 Å². The molecular formula is C17H21N3O6S2. The molecule has 2 fully saturated rings. The monoisotopic (exact) mass is 427 g/mol. The largest absolute Gasteiger partial charge is 0.480 e. The fourth-order valence-electron chi connectivity index (χ4n) is 3.51. The summed E-state index contributed by atoms with van der Waals surface area (Å²) in [6.07, 6.45) is 0.944. The second-order valence-electron chi connectivity index (χ2n) is 7.32. The normalized spacial score (nSPS) is 26.9. The summed E-state index contributed by atoms with van der Waals surface area (Å²) in [5.41, 5.74) is 0.428. The lowest BCUT2D eigenvalue weighted by Gasteiger charge is -2.44. The van der Waals surface area contributed by atoms with Gasteiger partial charge >= 0.3 is 5.97 Å². The Labute approximate surface area is 166 Å². The summed E-state index contributed by atoms with van der Waals surface area (Å²) >= 11 is 1.30. The van der Waals surface area contributed by atoms with Crippen LogP contribution >= 0.6 is 11.8 Å². The Morgan fingerprint density at radius 2 is 1.86 bits per heavy atom. The Morgan fingerprint density at radius 1 is 1.25 bits per heavy atom. The van der Waals surface area contributed by atoms with Gasteiger partial charge in [-0.2, -0.15) is 4.72 Å². The molecule has 3 rings (SSSR count). The number of nitrogens with zero attached hydrogens (tertiary/aromatic N) is 1. The average Bonchev–Trinajstić information content (AvgIpc) is 2.85. The highest BCUT2D eigenvalue weighted by atomic mass is 32.2. The molecule has 2 heterocycles. The zero-order valence-electron chi connectivity index (χ0n) is 15.4. The first-order valence-corrected chi connectivity index (χ1v) is 11.2. The smallest absolute Gasteiger partial charge is 0.327 e. The number of carbonyl (C=O) groups is 3. The summed E-state index contributed by atoms with van der Waals surface area (Å²) in [6.45, 7) is 3.47. The Balaban J connectivity index is 1.80. The van der Waals surface area contributed by atoms with Crippen molar-refractivity contribution >= 4 is 39.6 Å². The van der Waals surface area contributed by atoms with Crippen molar-refractivity contribution in [3.05, 3.63) is 35.9 Å². The number of carbonyl (C=O) groups excluding carboxylic acids is 2. The van der Waals surface area contributed by atoms with Gasteiger partial charge in [-0.15, -0.1) is 11.8 Å². The summed E-state index contributed by atoms with van der Waals surface area (Å²) in [4.78, 5) is 38.1. The molecule has 28 heavy (non-hydrogen) atoms. The molecule has 0 saturated carbocycles. The van der Waals surface area contributed by atoms with Crippen molar-refractivity contribution in [3.63, 3.8) is 0 Å². The highest BCUT2D eigenvalue weighted by molar-refractivity contribution is 8.01. The average molecular weight is 428 g/mol. The number of thioether (sulfide) groups is 1. The fraction of sp³-hybridized carbons (Fsp3) is 0.471. The quantitative estimate of drug-likeness (QED) is 0.540. The van der Waals surface area contributed by atoms with Crippen LogP contribution in [0.2, 0.25) is 0 Å². The molecule has 3 N–H and O–H groups in total. The number of fused-ring (bicyclic) bond motifs is 1. The first-order chi connectivity index (χ1) is 12.9. The van der Waals surface area contributed by atoms with Crippen LogP contribution < -0.4 is 10.0 Å². The number of aliphatic carboxylic acids is 1. The van der Waals surface area contributed by atoms with Crippen molar-refractivity contribution in [1.29, 1.82) is 0 Å². The summed E-state index contributed by atoms with van der Waals surface area (Å²) in [6, 6.07) is 5.18. The van der Waals surface area contributed by atoms with Crippen LogP contribution in [0, 0.1) is 0 Å². The van der Waals surface area contributed by atoms with Crippen molar-refractivity contribution in [1.82, 2.24) is 14.9 Å². The molecule has 9 nitrogen and oxygen atoms in total. The van der Waals surface area contributed by atoms with Gasteiger partial charge in [0.05, 0.1) is 6.26 Å². The first kappa shape index (κ1) is 20.6. The minimum Gasteiger partial charge on any atom is -0.480 e. The SMILES string of the molecule is CC1(C)S[C@@H]2[C@H](NC(=O)C(NS(C)(=O)=O)c3ccccc3)C(=O)N2[C@H]1C(=O)O. The number of hydrogen-bond donors (Lipinski definition) is 3. The van der Waals surface area contributed by atoms with Crippen LogP contribution in [0.15, 0.2) is 30.3 Å². The van der Waals surface area contributed by atoms with Gasteiger partial charge in [-0.25, -0.2) is 13.2 Å². The van der Waals surface area contributed by atoms with E-state index in [1.54, 1.807) is 44.2 Å². The molecule has 0 spiro atoms. The lowest BCUT2D eigenvalue weighted by Crippen LogP contribution is -2.71. The minimum absolute atomic E-state index is 0.428. The summed E-state index contributed by atoms with van der Waals surface area (Å²) < 4.78 is 25.0. The van der Waals surface area contributed by atoms with E-state index in [0.717, 1.165) is 6.26 Å². The molecule has 152 valence electrons. The second kappa shape index (κ2) is 7.05. The van der Waals surface area contributed by atoms with Crippen LogP contribution in [0.1, 0.15) is 25.5 Å². The highest BCUT2D eigenvalue weighted by Gasteiger charge is 2.64. The number of sulfonamides is 1. The maximum absolute atomic E-state index is 12.8. The summed E-state index contributed by atoms with van der Waals surface area (Å²) in [7, 11) is -3.70. The maximum Gasteiger partial charge on any atom is 0.327 e. The zero-order valence-corrected chi connectivity index (χ0v) is 17.1.